The van der Waals surface area contributed by atoms with Crippen molar-refractivity contribution in [3.8, 4) is 0 Å². The lowest BCUT2D eigenvalue weighted by atomic mass is 10.2. The highest BCUT2D eigenvalue weighted by atomic mass is 16.2. The molecule has 0 radical (unpaired) electrons. The van der Waals surface area contributed by atoms with Gasteiger partial charge in [-0.2, -0.15) is 0 Å². The fourth-order valence-corrected chi connectivity index (χ4v) is 2.57. The molecule has 106 valence electrons. The third kappa shape index (κ3) is 2.27. The number of hydrogen-bond donors (Lipinski definition) is 0. The first-order valence-electron chi connectivity index (χ1n) is 6.94. The fourth-order valence-electron chi connectivity index (χ4n) is 2.57. The Morgan fingerprint density at radius 2 is 1.90 bits per heavy atom. The quantitative estimate of drug-likeness (QED) is 0.811. The zero-order valence-corrected chi connectivity index (χ0v) is 11.9. The van der Waals surface area contributed by atoms with Gasteiger partial charge in [-0.25, -0.2) is 4.68 Å². The number of piperazine rings is 1. The maximum absolute atomic E-state index is 12.6. The van der Waals surface area contributed by atoms with Crippen LogP contribution in [0.1, 0.15) is 13.0 Å². The summed E-state index contributed by atoms with van der Waals surface area (Å²) < 4.78 is 1.72. The summed E-state index contributed by atoms with van der Waals surface area (Å²) in [6.45, 7) is 5.31. The number of fused-ring (bicyclic) bond motifs is 1. The van der Waals surface area contributed by atoms with Gasteiger partial charge in [-0.15, -0.1) is 5.10 Å². The van der Waals surface area contributed by atoms with E-state index >= 15 is 0 Å². The minimum absolute atomic E-state index is 0.119. The Bertz CT molecular complexity index is 615. The number of amides is 1. The summed E-state index contributed by atoms with van der Waals surface area (Å²) in [6, 6.07) is 7.41. The summed E-state index contributed by atoms with van der Waals surface area (Å²) in [7, 11) is 2.08. The van der Waals surface area contributed by atoms with E-state index in [0.717, 1.165) is 37.2 Å². The molecular weight excluding hydrogens is 254 g/mol. The van der Waals surface area contributed by atoms with Crippen molar-refractivity contribution in [3.05, 3.63) is 24.3 Å². The smallest absolute Gasteiger partial charge is 0.247 e. The van der Waals surface area contributed by atoms with Gasteiger partial charge in [0.25, 0.3) is 0 Å². The molecule has 1 aromatic heterocycles. The van der Waals surface area contributed by atoms with Gasteiger partial charge in [0.1, 0.15) is 11.6 Å². The van der Waals surface area contributed by atoms with Crippen LogP contribution in [0, 0.1) is 0 Å². The van der Waals surface area contributed by atoms with Crippen LogP contribution in [0.2, 0.25) is 0 Å². The summed E-state index contributed by atoms with van der Waals surface area (Å²) >= 11 is 0. The summed E-state index contributed by atoms with van der Waals surface area (Å²) in [5, 5.41) is 8.25. The van der Waals surface area contributed by atoms with Crippen molar-refractivity contribution < 1.29 is 4.79 Å². The lowest BCUT2D eigenvalue weighted by Crippen LogP contribution is -2.49. The van der Waals surface area contributed by atoms with Crippen molar-refractivity contribution in [1.29, 1.82) is 0 Å². The molecule has 1 aliphatic heterocycles. The SMILES string of the molecule is CC(C(=O)N1CCN(C)CC1)n1nnc2ccccc21. The van der Waals surface area contributed by atoms with E-state index in [4.69, 9.17) is 0 Å². The second-order valence-corrected chi connectivity index (χ2v) is 5.33. The lowest BCUT2D eigenvalue weighted by molar-refractivity contribution is -0.136. The van der Waals surface area contributed by atoms with Crippen molar-refractivity contribution in [2.24, 2.45) is 0 Å². The summed E-state index contributed by atoms with van der Waals surface area (Å²) in [5.74, 6) is 0.119. The molecule has 6 nitrogen and oxygen atoms in total. The Kier molecular flexibility index (Phi) is 3.40. The van der Waals surface area contributed by atoms with Crippen molar-refractivity contribution >= 4 is 16.9 Å². The minimum atomic E-state index is -0.314. The highest BCUT2D eigenvalue weighted by molar-refractivity contribution is 5.83. The van der Waals surface area contributed by atoms with Gasteiger partial charge < -0.3 is 9.80 Å². The van der Waals surface area contributed by atoms with Gasteiger partial charge in [0.15, 0.2) is 0 Å². The Morgan fingerprint density at radius 1 is 1.20 bits per heavy atom. The van der Waals surface area contributed by atoms with Gasteiger partial charge in [0.05, 0.1) is 5.52 Å². The van der Waals surface area contributed by atoms with Crippen molar-refractivity contribution in [1.82, 2.24) is 24.8 Å². The summed E-state index contributed by atoms with van der Waals surface area (Å²) in [6.07, 6.45) is 0. The molecule has 0 saturated carbocycles. The number of likely N-dealkylation sites (N-methyl/N-ethyl adjacent to an activating group) is 1. The molecule has 1 aromatic carbocycles. The predicted octanol–water partition coefficient (Wildman–Crippen LogP) is 0.766. The zero-order chi connectivity index (χ0) is 14.1. The van der Waals surface area contributed by atoms with E-state index in [1.807, 2.05) is 36.1 Å². The van der Waals surface area contributed by atoms with Crippen LogP contribution >= 0.6 is 0 Å². The average Bonchev–Trinajstić information content (AvgIpc) is 2.90. The number of carbonyl (C=O) groups excluding carboxylic acids is 1. The number of benzene rings is 1. The van der Waals surface area contributed by atoms with E-state index in [1.54, 1.807) is 4.68 Å². The monoisotopic (exact) mass is 273 g/mol. The Labute approximate surface area is 118 Å². The Morgan fingerprint density at radius 3 is 2.65 bits per heavy atom. The Balaban J connectivity index is 1.81. The van der Waals surface area contributed by atoms with Gasteiger partial charge in [-0.3, -0.25) is 4.79 Å². The van der Waals surface area contributed by atoms with Crippen LogP contribution in [0.15, 0.2) is 24.3 Å². The number of aromatic nitrogens is 3. The van der Waals surface area contributed by atoms with Crippen LogP contribution in [0.5, 0.6) is 0 Å². The molecule has 1 fully saturated rings. The van der Waals surface area contributed by atoms with Crippen LogP contribution in [-0.2, 0) is 4.79 Å². The van der Waals surface area contributed by atoms with Crippen molar-refractivity contribution in [2.75, 3.05) is 33.2 Å². The van der Waals surface area contributed by atoms with Gasteiger partial charge in [0.2, 0.25) is 5.91 Å². The van der Waals surface area contributed by atoms with E-state index in [9.17, 15) is 4.79 Å². The van der Waals surface area contributed by atoms with Crippen LogP contribution in [0.3, 0.4) is 0 Å². The highest BCUT2D eigenvalue weighted by Gasteiger charge is 2.26. The normalized spacial score (nSPS) is 18.4. The molecule has 1 saturated heterocycles. The minimum Gasteiger partial charge on any atom is -0.338 e. The first kappa shape index (κ1) is 13.1. The topological polar surface area (TPSA) is 54.3 Å². The molecule has 1 aliphatic rings. The predicted molar refractivity (Wildman–Crippen MR) is 76.3 cm³/mol. The average molecular weight is 273 g/mol. The summed E-state index contributed by atoms with van der Waals surface area (Å²) in [4.78, 5) is 16.7. The molecule has 0 spiro atoms. The molecule has 1 amide bonds. The standard InChI is InChI=1S/C14H19N5O/c1-11(14(20)18-9-7-17(2)8-10-18)19-13-6-4-3-5-12(13)15-16-19/h3-6,11H,7-10H2,1-2H3. The molecule has 6 heteroatoms. The molecule has 2 heterocycles. The molecule has 1 unspecified atom stereocenters. The lowest BCUT2D eigenvalue weighted by Gasteiger charge is -2.33. The third-order valence-electron chi connectivity index (χ3n) is 3.92. The first-order chi connectivity index (χ1) is 9.66. The van der Waals surface area contributed by atoms with Gasteiger partial charge in [-0.05, 0) is 26.1 Å². The fraction of sp³-hybridized carbons (Fsp3) is 0.500. The number of hydrogen-bond acceptors (Lipinski definition) is 4. The second kappa shape index (κ2) is 5.20. The number of para-hydroxylation sites is 1. The van der Waals surface area contributed by atoms with Gasteiger partial charge in [-0.1, -0.05) is 17.3 Å². The van der Waals surface area contributed by atoms with E-state index in [1.165, 1.54) is 0 Å². The molecule has 0 N–H and O–H groups in total. The zero-order valence-electron chi connectivity index (χ0n) is 11.9. The van der Waals surface area contributed by atoms with E-state index in [0.29, 0.717) is 0 Å². The van der Waals surface area contributed by atoms with Crippen LogP contribution in [0.4, 0.5) is 0 Å². The molecule has 0 bridgehead atoms. The number of nitrogens with zero attached hydrogens (tertiary/aromatic N) is 5. The maximum Gasteiger partial charge on any atom is 0.247 e. The van der Waals surface area contributed by atoms with Crippen molar-refractivity contribution in [2.45, 2.75) is 13.0 Å². The highest BCUT2D eigenvalue weighted by Crippen LogP contribution is 2.17. The molecule has 0 aliphatic carbocycles. The largest absolute Gasteiger partial charge is 0.338 e. The van der Waals surface area contributed by atoms with E-state index < -0.39 is 0 Å². The molecule has 20 heavy (non-hydrogen) atoms. The van der Waals surface area contributed by atoms with Gasteiger partial charge >= 0.3 is 0 Å². The van der Waals surface area contributed by atoms with Crippen LogP contribution in [-0.4, -0.2) is 63.9 Å². The van der Waals surface area contributed by atoms with E-state index in [2.05, 4.69) is 22.3 Å². The number of carbonyl (C=O) groups is 1. The second-order valence-electron chi connectivity index (χ2n) is 5.33. The maximum atomic E-state index is 12.6. The first-order valence-corrected chi connectivity index (χ1v) is 6.94. The Hall–Kier alpha value is -1.95. The summed E-state index contributed by atoms with van der Waals surface area (Å²) in [5.41, 5.74) is 1.73. The van der Waals surface area contributed by atoms with Crippen LogP contribution in [0.25, 0.3) is 11.0 Å². The molecule has 2 aromatic rings. The number of rotatable bonds is 2. The molecule has 3 rings (SSSR count). The molecular formula is C14H19N5O. The third-order valence-corrected chi connectivity index (χ3v) is 3.92. The molecule has 1 atom stereocenters. The van der Waals surface area contributed by atoms with Crippen molar-refractivity contribution in [3.63, 3.8) is 0 Å². The van der Waals surface area contributed by atoms with Crippen LogP contribution < -0.4 is 0 Å². The van der Waals surface area contributed by atoms with Gasteiger partial charge in [0, 0.05) is 26.2 Å². The van der Waals surface area contributed by atoms with E-state index in [-0.39, 0.29) is 11.9 Å².